The lowest BCUT2D eigenvalue weighted by Gasteiger charge is -2.31. The summed E-state index contributed by atoms with van der Waals surface area (Å²) in [5.74, 6) is 0.111. The molecule has 3 heterocycles. The fourth-order valence-electron chi connectivity index (χ4n) is 3.01. The normalized spacial score (nSPS) is 16.4. The van der Waals surface area contributed by atoms with E-state index in [1.165, 1.54) is 11.3 Å². The number of amides is 1. The highest BCUT2D eigenvalue weighted by Crippen LogP contribution is 2.29. The summed E-state index contributed by atoms with van der Waals surface area (Å²) >= 11 is 1.51. The molecule has 6 nitrogen and oxygen atoms in total. The Kier molecular flexibility index (Phi) is 4.99. The fourth-order valence-corrected chi connectivity index (χ4v) is 4.10. The van der Waals surface area contributed by atoms with Crippen LogP contribution in [0, 0.1) is 6.92 Å². The number of hydrogen-bond acceptors (Lipinski definition) is 5. The van der Waals surface area contributed by atoms with E-state index in [-0.39, 0.29) is 18.6 Å². The zero-order valence-electron chi connectivity index (χ0n) is 13.6. The third-order valence-electron chi connectivity index (χ3n) is 4.29. The molecule has 0 aromatic carbocycles. The van der Waals surface area contributed by atoms with E-state index < -0.39 is 0 Å². The summed E-state index contributed by atoms with van der Waals surface area (Å²) in [6.07, 6.45) is 2.61. The van der Waals surface area contributed by atoms with Crippen molar-refractivity contribution < 1.29 is 14.6 Å². The highest BCUT2D eigenvalue weighted by atomic mass is 32.1. The van der Waals surface area contributed by atoms with Gasteiger partial charge < -0.3 is 14.7 Å². The number of aliphatic hydroxyl groups excluding tert-OH is 1. The van der Waals surface area contributed by atoms with Gasteiger partial charge in [-0.25, -0.2) is 0 Å². The maximum Gasteiger partial charge on any atom is 0.264 e. The Balaban J connectivity index is 1.61. The minimum atomic E-state index is 0.111. The molecule has 7 heteroatoms. The number of ether oxygens (including phenoxy) is 1. The van der Waals surface area contributed by atoms with Gasteiger partial charge >= 0.3 is 0 Å². The molecule has 1 aliphatic rings. The number of aliphatic hydroxyl groups is 1. The van der Waals surface area contributed by atoms with Gasteiger partial charge in [-0.3, -0.25) is 9.48 Å². The Morgan fingerprint density at radius 2 is 2.22 bits per heavy atom. The van der Waals surface area contributed by atoms with Crippen molar-refractivity contribution in [3.05, 3.63) is 16.6 Å². The molecule has 126 valence electrons. The molecule has 23 heavy (non-hydrogen) atoms. The topological polar surface area (TPSA) is 67.6 Å². The van der Waals surface area contributed by atoms with Gasteiger partial charge in [0.1, 0.15) is 4.83 Å². The first-order valence-corrected chi connectivity index (χ1v) is 8.86. The van der Waals surface area contributed by atoms with Crippen LogP contribution < -0.4 is 0 Å². The Hall–Kier alpha value is -1.44. The highest BCUT2D eigenvalue weighted by molar-refractivity contribution is 7.20. The summed E-state index contributed by atoms with van der Waals surface area (Å²) in [6, 6.07) is 1.97. The largest absolute Gasteiger partial charge is 0.396 e. The molecule has 0 spiro atoms. The molecule has 3 rings (SSSR count). The number of nitrogens with zero attached hydrogens (tertiary/aromatic N) is 3. The van der Waals surface area contributed by atoms with Crippen LogP contribution in [0.1, 0.15) is 34.6 Å². The smallest absolute Gasteiger partial charge is 0.264 e. The molecule has 0 bridgehead atoms. The first kappa shape index (κ1) is 16.4. The van der Waals surface area contributed by atoms with Crippen LogP contribution >= 0.6 is 11.3 Å². The third-order valence-corrected chi connectivity index (χ3v) is 5.48. The predicted molar refractivity (Wildman–Crippen MR) is 89.9 cm³/mol. The van der Waals surface area contributed by atoms with Gasteiger partial charge in [0.2, 0.25) is 0 Å². The van der Waals surface area contributed by atoms with E-state index in [2.05, 4.69) is 5.10 Å². The molecule has 0 atom stereocenters. The molecule has 1 aliphatic heterocycles. The number of piperidine rings is 1. The first-order valence-electron chi connectivity index (χ1n) is 8.05. The van der Waals surface area contributed by atoms with Crippen LogP contribution in [-0.2, 0) is 11.8 Å². The lowest BCUT2D eigenvalue weighted by molar-refractivity contribution is 0.00409. The molecule has 1 N–H and O–H groups in total. The van der Waals surface area contributed by atoms with Gasteiger partial charge in [0.15, 0.2) is 0 Å². The van der Waals surface area contributed by atoms with E-state index in [4.69, 9.17) is 9.84 Å². The Bertz CT molecular complexity index is 652. The van der Waals surface area contributed by atoms with Crippen molar-refractivity contribution in [2.45, 2.75) is 32.3 Å². The summed E-state index contributed by atoms with van der Waals surface area (Å²) in [6.45, 7) is 4.19. The van der Waals surface area contributed by atoms with Gasteiger partial charge in [-0.15, -0.1) is 11.3 Å². The van der Waals surface area contributed by atoms with Gasteiger partial charge in [-0.1, -0.05) is 0 Å². The fraction of sp³-hybridized carbons (Fsp3) is 0.625. The second kappa shape index (κ2) is 6.98. The molecule has 0 unspecified atom stereocenters. The van der Waals surface area contributed by atoms with E-state index in [1.807, 2.05) is 29.6 Å². The summed E-state index contributed by atoms with van der Waals surface area (Å²) in [5.41, 5.74) is 0.966. The predicted octanol–water partition coefficient (Wildman–Crippen LogP) is 1.95. The lowest BCUT2D eigenvalue weighted by atomic mass is 10.1. The van der Waals surface area contributed by atoms with Crippen LogP contribution in [0.5, 0.6) is 0 Å². The van der Waals surface area contributed by atoms with Crippen LogP contribution in [-0.4, -0.2) is 58.1 Å². The molecule has 2 aromatic rings. The van der Waals surface area contributed by atoms with Gasteiger partial charge in [0.25, 0.3) is 5.91 Å². The van der Waals surface area contributed by atoms with Gasteiger partial charge in [-0.05, 0) is 32.3 Å². The van der Waals surface area contributed by atoms with E-state index >= 15 is 0 Å². The number of carbonyl (C=O) groups is 1. The number of rotatable bonds is 5. The summed E-state index contributed by atoms with van der Waals surface area (Å²) in [4.78, 5) is 16.4. The van der Waals surface area contributed by atoms with Crippen molar-refractivity contribution in [2.24, 2.45) is 7.05 Å². The average molecular weight is 337 g/mol. The second-order valence-electron chi connectivity index (χ2n) is 5.98. The zero-order chi connectivity index (χ0) is 16.4. The molecule has 2 aromatic heterocycles. The van der Waals surface area contributed by atoms with E-state index in [9.17, 15) is 4.79 Å². The van der Waals surface area contributed by atoms with Crippen LogP contribution in [0.25, 0.3) is 10.2 Å². The van der Waals surface area contributed by atoms with Crippen LogP contribution in [0.15, 0.2) is 6.07 Å². The summed E-state index contributed by atoms with van der Waals surface area (Å²) < 4.78 is 7.56. The lowest BCUT2D eigenvalue weighted by Crippen LogP contribution is -2.40. The molecular formula is C16H23N3O3S. The van der Waals surface area contributed by atoms with Gasteiger partial charge in [0.05, 0.1) is 16.7 Å². The van der Waals surface area contributed by atoms with Crippen molar-refractivity contribution in [3.63, 3.8) is 0 Å². The number of aryl methyl sites for hydroxylation is 2. The molecule has 0 radical (unpaired) electrons. The zero-order valence-corrected chi connectivity index (χ0v) is 14.4. The van der Waals surface area contributed by atoms with Gasteiger partial charge in [-0.2, -0.15) is 5.10 Å². The molecule has 1 fully saturated rings. The van der Waals surface area contributed by atoms with E-state index in [1.54, 1.807) is 0 Å². The SMILES string of the molecule is Cc1nn(C)c2sc(C(=O)N3CCC(OCCCO)CC3)cc12. The van der Waals surface area contributed by atoms with Crippen LogP contribution in [0.3, 0.4) is 0 Å². The van der Waals surface area contributed by atoms with Gasteiger partial charge in [0, 0.05) is 38.7 Å². The first-order chi connectivity index (χ1) is 11.1. The number of carbonyl (C=O) groups excluding carboxylic acids is 1. The summed E-state index contributed by atoms with van der Waals surface area (Å²) in [7, 11) is 1.91. The molecule has 0 saturated carbocycles. The summed E-state index contributed by atoms with van der Waals surface area (Å²) in [5, 5.41) is 14.2. The number of aromatic nitrogens is 2. The highest BCUT2D eigenvalue weighted by Gasteiger charge is 2.25. The Morgan fingerprint density at radius 3 is 2.87 bits per heavy atom. The van der Waals surface area contributed by atoms with E-state index in [0.29, 0.717) is 13.0 Å². The standard InChI is InChI=1S/C16H23N3O3S/c1-11-13-10-14(23-16(13)18(2)17-11)15(21)19-6-4-12(5-7-19)22-9-3-8-20/h10,12,20H,3-9H2,1-2H3. The van der Waals surface area contributed by atoms with Crippen molar-refractivity contribution in [2.75, 3.05) is 26.3 Å². The maximum absolute atomic E-state index is 12.7. The van der Waals surface area contributed by atoms with Crippen molar-refractivity contribution in [1.29, 1.82) is 0 Å². The number of fused-ring (bicyclic) bond motifs is 1. The monoisotopic (exact) mass is 337 g/mol. The third kappa shape index (κ3) is 3.41. The molecular weight excluding hydrogens is 314 g/mol. The second-order valence-corrected chi connectivity index (χ2v) is 7.01. The average Bonchev–Trinajstić information content (AvgIpc) is 3.10. The van der Waals surface area contributed by atoms with Crippen molar-refractivity contribution in [1.82, 2.24) is 14.7 Å². The van der Waals surface area contributed by atoms with Crippen molar-refractivity contribution in [3.8, 4) is 0 Å². The minimum absolute atomic E-state index is 0.111. The van der Waals surface area contributed by atoms with Crippen LogP contribution in [0.4, 0.5) is 0 Å². The maximum atomic E-state index is 12.7. The Morgan fingerprint density at radius 1 is 1.48 bits per heavy atom. The Labute approximate surface area is 139 Å². The van der Waals surface area contributed by atoms with Crippen LogP contribution in [0.2, 0.25) is 0 Å². The number of thiophene rings is 1. The number of hydrogen-bond donors (Lipinski definition) is 1. The number of likely N-dealkylation sites (tertiary alicyclic amines) is 1. The quantitative estimate of drug-likeness (QED) is 0.847. The molecule has 0 aliphatic carbocycles. The molecule has 1 saturated heterocycles. The van der Waals surface area contributed by atoms with E-state index in [0.717, 1.165) is 46.7 Å². The van der Waals surface area contributed by atoms with Crippen molar-refractivity contribution >= 4 is 27.5 Å². The molecule has 1 amide bonds. The minimum Gasteiger partial charge on any atom is -0.396 e.